The van der Waals surface area contributed by atoms with Crippen LogP contribution in [0.5, 0.6) is 0 Å². The highest BCUT2D eigenvalue weighted by Gasteiger charge is 2.00. The van der Waals surface area contributed by atoms with Crippen LogP contribution in [0.15, 0.2) is 18.3 Å². The molecular formula is C8H8N4. The van der Waals surface area contributed by atoms with E-state index in [1.54, 1.807) is 6.20 Å². The van der Waals surface area contributed by atoms with E-state index in [1.165, 1.54) is 0 Å². The first kappa shape index (κ1) is 6.97. The maximum Gasteiger partial charge on any atom is 0.180 e. The molecular weight excluding hydrogens is 152 g/mol. The van der Waals surface area contributed by atoms with E-state index < -0.39 is 0 Å². The molecule has 4 nitrogen and oxygen atoms in total. The zero-order valence-electron chi connectivity index (χ0n) is 6.65. The number of nitrogens with zero attached hydrogens (tertiary/aromatic N) is 3. The van der Waals surface area contributed by atoms with Gasteiger partial charge in [-0.1, -0.05) is 0 Å². The Kier molecular flexibility index (Phi) is 1.40. The van der Waals surface area contributed by atoms with Crippen LogP contribution in [0.2, 0.25) is 0 Å². The summed E-state index contributed by atoms with van der Waals surface area (Å²) in [6.45, 7) is 1.83. The van der Waals surface area contributed by atoms with Gasteiger partial charge in [-0.25, -0.2) is 15.0 Å². The molecule has 0 fully saturated rings. The topological polar surface area (TPSA) is 64.7 Å². The van der Waals surface area contributed by atoms with E-state index in [2.05, 4.69) is 15.0 Å². The van der Waals surface area contributed by atoms with E-state index >= 15 is 0 Å². The molecule has 2 rings (SSSR count). The number of aryl methyl sites for hydroxylation is 1. The molecule has 0 aliphatic heterocycles. The smallest absolute Gasteiger partial charge is 0.180 e. The summed E-state index contributed by atoms with van der Waals surface area (Å²) in [7, 11) is 0. The van der Waals surface area contributed by atoms with Gasteiger partial charge in [0, 0.05) is 6.20 Å². The number of hydrogen-bond acceptors (Lipinski definition) is 4. The average Bonchev–Trinajstić information content (AvgIpc) is 2.07. The molecule has 2 aromatic rings. The summed E-state index contributed by atoms with van der Waals surface area (Å²) < 4.78 is 0. The van der Waals surface area contributed by atoms with Crippen LogP contribution in [0.3, 0.4) is 0 Å². The highest BCUT2D eigenvalue weighted by molar-refractivity contribution is 5.71. The van der Waals surface area contributed by atoms with Gasteiger partial charge in [-0.05, 0) is 19.1 Å². The van der Waals surface area contributed by atoms with Gasteiger partial charge in [0.25, 0.3) is 0 Å². The van der Waals surface area contributed by atoms with Crippen LogP contribution in [-0.2, 0) is 0 Å². The van der Waals surface area contributed by atoms with Gasteiger partial charge in [0.1, 0.15) is 11.3 Å². The van der Waals surface area contributed by atoms with Gasteiger partial charge in [0.05, 0.1) is 5.69 Å². The Bertz CT molecular complexity index is 384. The first-order valence-corrected chi connectivity index (χ1v) is 3.62. The molecule has 0 spiro atoms. The summed E-state index contributed by atoms with van der Waals surface area (Å²) in [5, 5.41) is 0. The normalized spacial score (nSPS) is 10.4. The quantitative estimate of drug-likeness (QED) is 0.622. The zero-order valence-corrected chi connectivity index (χ0v) is 6.65. The highest BCUT2D eigenvalue weighted by atomic mass is 15.0. The number of hydrogen-bond donors (Lipinski definition) is 1. The van der Waals surface area contributed by atoms with Crippen LogP contribution >= 0.6 is 0 Å². The Morgan fingerprint density at radius 2 is 2.17 bits per heavy atom. The van der Waals surface area contributed by atoms with Crippen LogP contribution in [0, 0.1) is 6.92 Å². The molecule has 0 aliphatic rings. The molecule has 0 unspecified atom stereocenters. The predicted octanol–water partition coefficient (Wildman–Crippen LogP) is 0.915. The Morgan fingerprint density at radius 1 is 1.33 bits per heavy atom. The largest absolute Gasteiger partial charge is 0.382 e. The molecule has 4 heteroatoms. The van der Waals surface area contributed by atoms with Gasteiger partial charge < -0.3 is 5.73 Å². The second-order valence-corrected chi connectivity index (χ2v) is 2.54. The molecule has 2 aromatic heterocycles. The fourth-order valence-electron chi connectivity index (χ4n) is 0.995. The van der Waals surface area contributed by atoms with Gasteiger partial charge >= 0.3 is 0 Å². The van der Waals surface area contributed by atoms with E-state index in [4.69, 9.17) is 5.73 Å². The van der Waals surface area contributed by atoms with Gasteiger partial charge in [-0.15, -0.1) is 0 Å². The predicted molar refractivity (Wildman–Crippen MR) is 46.5 cm³/mol. The van der Waals surface area contributed by atoms with Crippen molar-refractivity contribution in [2.45, 2.75) is 6.92 Å². The molecule has 0 bridgehead atoms. The Morgan fingerprint density at radius 3 is 3.00 bits per heavy atom. The molecule has 0 aromatic carbocycles. The van der Waals surface area contributed by atoms with Gasteiger partial charge in [0.15, 0.2) is 5.65 Å². The molecule has 12 heavy (non-hydrogen) atoms. The number of anilines is 1. The Labute approximate surface area is 69.5 Å². The van der Waals surface area contributed by atoms with Crippen molar-refractivity contribution in [3.05, 3.63) is 24.0 Å². The summed E-state index contributed by atoms with van der Waals surface area (Å²) >= 11 is 0. The molecule has 2 heterocycles. The van der Waals surface area contributed by atoms with Crippen molar-refractivity contribution in [3.8, 4) is 0 Å². The Hall–Kier alpha value is -1.71. The van der Waals surface area contributed by atoms with Crippen LogP contribution in [0.25, 0.3) is 11.2 Å². The summed E-state index contributed by atoms with van der Waals surface area (Å²) in [5.41, 5.74) is 7.70. The lowest BCUT2D eigenvalue weighted by Gasteiger charge is -1.99. The maximum absolute atomic E-state index is 5.57. The van der Waals surface area contributed by atoms with E-state index in [0.29, 0.717) is 11.5 Å². The van der Waals surface area contributed by atoms with Gasteiger partial charge in [0.2, 0.25) is 0 Å². The minimum Gasteiger partial charge on any atom is -0.382 e. The summed E-state index contributed by atoms with van der Waals surface area (Å²) in [6, 6.07) is 3.69. The minimum atomic E-state index is 0.446. The van der Waals surface area contributed by atoms with Crippen LogP contribution in [-0.4, -0.2) is 15.0 Å². The average molecular weight is 160 g/mol. The zero-order chi connectivity index (χ0) is 8.55. The van der Waals surface area contributed by atoms with Crippen LogP contribution in [0.4, 0.5) is 5.82 Å². The summed E-state index contributed by atoms with van der Waals surface area (Å²) in [6.07, 6.45) is 1.67. The first-order valence-electron chi connectivity index (χ1n) is 3.62. The van der Waals surface area contributed by atoms with E-state index in [0.717, 1.165) is 11.2 Å². The molecule has 0 atom stereocenters. The molecule has 0 radical (unpaired) electrons. The fourth-order valence-corrected chi connectivity index (χ4v) is 0.995. The standard InChI is InChI=1S/C8H8N4/c1-5-7(9)12-8-6(11-5)3-2-4-10-8/h2-4H,1H3,(H2,9,10,12). The lowest BCUT2D eigenvalue weighted by Crippen LogP contribution is -1.98. The van der Waals surface area contributed by atoms with Gasteiger partial charge in [-0.3, -0.25) is 0 Å². The molecule has 0 aliphatic carbocycles. The van der Waals surface area contributed by atoms with Crippen molar-refractivity contribution in [3.63, 3.8) is 0 Å². The number of pyridine rings is 1. The maximum atomic E-state index is 5.57. The number of nitrogen functional groups attached to an aromatic ring is 1. The van der Waals surface area contributed by atoms with Crippen molar-refractivity contribution in [2.75, 3.05) is 5.73 Å². The van der Waals surface area contributed by atoms with Gasteiger partial charge in [-0.2, -0.15) is 0 Å². The molecule has 0 saturated carbocycles. The number of fused-ring (bicyclic) bond motifs is 1. The van der Waals surface area contributed by atoms with E-state index in [1.807, 2.05) is 19.1 Å². The van der Waals surface area contributed by atoms with Crippen LogP contribution in [0.1, 0.15) is 5.69 Å². The first-order chi connectivity index (χ1) is 5.77. The van der Waals surface area contributed by atoms with Crippen LogP contribution < -0.4 is 5.73 Å². The second kappa shape index (κ2) is 2.41. The summed E-state index contributed by atoms with van der Waals surface area (Å²) in [5.74, 6) is 0.446. The molecule has 60 valence electrons. The number of aromatic nitrogens is 3. The van der Waals surface area contributed by atoms with E-state index in [-0.39, 0.29) is 0 Å². The lowest BCUT2D eigenvalue weighted by molar-refractivity contribution is 1.16. The lowest BCUT2D eigenvalue weighted by atomic mass is 10.4. The van der Waals surface area contributed by atoms with Crippen molar-refractivity contribution in [1.29, 1.82) is 0 Å². The second-order valence-electron chi connectivity index (χ2n) is 2.54. The molecule has 2 N–H and O–H groups in total. The van der Waals surface area contributed by atoms with Crippen molar-refractivity contribution >= 4 is 17.0 Å². The molecule has 0 amide bonds. The summed E-state index contributed by atoms with van der Waals surface area (Å²) in [4.78, 5) is 12.3. The van der Waals surface area contributed by atoms with E-state index in [9.17, 15) is 0 Å². The third-order valence-corrected chi connectivity index (χ3v) is 1.65. The monoisotopic (exact) mass is 160 g/mol. The van der Waals surface area contributed by atoms with Crippen molar-refractivity contribution < 1.29 is 0 Å². The highest BCUT2D eigenvalue weighted by Crippen LogP contribution is 2.10. The SMILES string of the molecule is Cc1nc2cccnc2nc1N. The Balaban J connectivity index is 2.84. The third kappa shape index (κ3) is 0.972. The van der Waals surface area contributed by atoms with Crippen molar-refractivity contribution in [1.82, 2.24) is 15.0 Å². The number of nitrogens with two attached hydrogens (primary N) is 1. The van der Waals surface area contributed by atoms with Crippen molar-refractivity contribution in [2.24, 2.45) is 0 Å². The number of rotatable bonds is 0. The third-order valence-electron chi connectivity index (χ3n) is 1.65. The minimum absolute atomic E-state index is 0.446. The fraction of sp³-hybridized carbons (Fsp3) is 0.125. The molecule has 0 saturated heterocycles.